The number of hydrogen-bond acceptors (Lipinski definition) is 5. The third-order valence-electron chi connectivity index (χ3n) is 6.34. The number of hydrogen-bond donors (Lipinski definition) is 4. The molecule has 0 fully saturated rings. The van der Waals surface area contributed by atoms with E-state index >= 15 is 0 Å². The van der Waals surface area contributed by atoms with Gasteiger partial charge in [-0.25, -0.2) is 4.98 Å². The van der Waals surface area contributed by atoms with Gasteiger partial charge in [0.25, 0.3) is 0 Å². The molecule has 2 aromatic heterocycles. The van der Waals surface area contributed by atoms with E-state index in [0.29, 0.717) is 22.8 Å². The number of H-pyrrole nitrogens is 1. The fourth-order valence-electron chi connectivity index (χ4n) is 4.65. The smallest absolute Gasteiger partial charge is 0.249 e. The van der Waals surface area contributed by atoms with Crippen LogP contribution in [0.2, 0.25) is 0 Å². The van der Waals surface area contributed by atoms with Crippen molar-refractivity contribution in [1.82, 2.24) is 25.1 Å². The van der Waals surface area contributed by atoms with Crippen LogP contribution < -0.4 is 11.1 Å². The highest BCUT2D eigenvalue weighted by molar-refractivity contribution is 6.00. The summed E-state index contributed by atoms with van der Waals surface area (Å²) in [6.45, 7) is 1.69. The molecule has 5 aromatic rings. The normalized spacial score (nSPS) is 12.9. The maximum atomic E-state index is 11.8. The maximum Gasteiger partial charge on any atom is 0.249 e. The van der Waals surface area contributed by atoms with Crippen LogP contribution in [0.3, 0.4) is 0 Å². The highest BCUT2D eigenvalue weighted by atomic mass is 16.3. The molecule has 0 spiro atoms. The monoisotopic (exact) mass is 450 g/mol. The molecule has 6 rings (SSSR count). The molecule has 8 nitrogen and oxygen atoms in total. The van der Waals surface area contributed by atoms with Gasteiger partial charge in [0.2, 0.25) is 5.91 Å². The van der Waals surface area contributed by atoms with E-state index in [9.17, 15) is 9.90 Å². The molecule has 1 aliphatic heterocycles. The van der Waals surface area contributed by atoms with Crippen molar-refractivity contribution < 1.29 is 9.90 Å². The molecular formula is C26H22N6O2. The lowest BCUT2D eigenvalue weighted by Crippen LogP contribution is -2.12. The number of benzene rings is 3. The van der Waals surface area contributed by atoms with E-state index in [0.717, 1.165) is 40.8 Å². The molecule has 0 saturated heterocycles. The second-order valence-electron chi connectivity index (χ2n) is 8.48. The Bertz CT molecular complexity index is 1540. The predicted octanol–water partition coefficient (Wildman–Crippen LogP) is 3.71. The van der Waals surface area contributed by atoms with Crippen LogP contribution in [0.5, 0.6) is 5.75 Å². The van der Waals surface area contributed by atoms with Crippen molar-refractivity contribution in [3.63, 3.8) is 0 Å². The Morgan fingerprint density at radius 2 is 1.74 bits per heavy atom. The standard InChI is InChI=1S/C26H22N6O2/c1-32-23(26-29-20-10-16-12-28-13-17(16)11-21(20)30-26)24(33)22(31-32)15-8-6-14(7-9-15)18-4-2-3-5-19(18)25(27)34/h2-11,28,33H,12-13H2,1H3,(H2,27,34)(H,29,30). The van der Waals surface area contributed by atoms with Gasteiger partial charge in [-0.15, -0.1) is 0 Å². The minimum absolute atomic E-state index is 0.0565. The first-order valence-electron chi connectivity index (χ1n) is 11.0. The minimum atomic E-state index is -0.473. The summed E-state index contributed by atoms with van der Waals surface area (Å²) in [7, 11) is 1.78. The van der Waals surface area contributed by atoms with Gasteiger partial charge in [-0.05, 0) is 40.5 Å². The van der Waals surface area contributed by atoms with Gasteiger partial charge in [0.1, 0.15) is 11.4 Å². The van der Waals surface area contributed by atoms with Crippen LogP contribution in [-0.2, 0) is 20.1 Å². The number of carbonyl (C=O) groups is 1. The van der Waals surface area contributed by atoms with Crippen LogP contribution in [0, 0.1) is 0 Å². The molecule has 5 N–H and O–H groups in total. The van der Waals surface area contributed by atoms with Crippen molar-refractivity contribution in [1.29, 1.82) is 0 Å². The molecule has 1 aliphatic rings. The van der Waals surface area contributed by atoms with Crippen LogP contribution in [0.1, 0.15) is 21.5 Å². The minimum Gasteiger partial charge on any atom is -0.504 e. The van der Waals surface area contributed by atoms with Crippen molar-refractivity contribution in [3.05, 3.63) is 77.4 Å². The lowest BCUT2D eigenvalue weighted by atomic mass is 9.97. The largest absolute Gasteiger partial charge is 0.504 e. The van der Waals surface area contributed by atoms with Gasteiger partial charge in [-0.3, -0.25) is 9.48 Å². The number of fused-ring (bicyclic) bond motifs is 2. The first-order valence-corrected chi connectivity index (χ1v) is 11.0. The molecule has 3 heterocycles. The summed E-state index contributed by atoms with van der Waals surface area (Å²) in [4.78, 5) is 19.8. The van der Waals surface area contributed by atoms with Crippen LogP contribution in [-0.4, -0.2) is 30.8 Å². The van der Waals surface area contributed by atoms with Gasteiger partial charge in [-0.2, -0.15) is 5.10 Å². The Kier molecular flexibility index (Phi) is 4.50. The summed E-state index contributed by atoms with van der Waals surface area (Å²) in [5, 5.41) is 19.0. The summed E-state index contributed by atoms with van der Waals surface area (Å²) >= 11 is 0. The molecule has 8 heteroatoms. The second-order valence-corrected chi connectivity index (χ2v) is 8.48. The quantitative estimate of drug-likeness (QED) is 0.333. The first kappa shape index (κ1) is 20.2. The topological polar surface area (TPSA) is 122 Å². The summed E-state index contributed by atoms with van der Waals surface area (Å²) in [5.74, 6) is 0.150. The fourth-order valence-corrected chi connectivity index (χ4v) is 4.65. The van der Waals surface area contributed by atoms with E-state index in [1.165, 1.54) is 11.1 Å². The third kappa shape index (κ3) is 3.15. The average Bonchev–Trinajstić information content (AvgIpc) is 3.53. The van der Waals surface area contributed by atoms with E-state index in [1.807, 2.05) is 36.4 Å². The lowest BCUT2D eigenvalue weighted by Gasteiger charge is -2.07. The lowest BCUT2D eigenvalue weighted by molar-refractivity contribution is 0.100. The number of aryl methyl sites for hydroxylation is 1. The predicted molar refractivity (Wildman–Crippen MR) is 130 cm³/mol. The summed E-state index contributed by atoms with van der Waals surface area (Å²) in [6.07, 6.45) is 0. The van der Waals surface area contributed by atoms with E-state index in [2.05, 4.69) is 27.5 Å². The zero-order valence-electron chi connectivity index (χ0n) is 18.5. The van der Waals surface area contributed by atoms with Crippen LogP contribution >= 0.6 is 0 Å². The molecular weight excluding hydrogens is 428 g/mol. The number of aromatic nitrogens is 4. The molecule has 0 atom stereocenters. The molecule has 168 valence electrons. The highest BCUT2D eigenvalue weighted by Crippen LogP contribution is 2.38. The van der Waals surface area contributed by atoms with Crippen LogP contribution in [0.25, 0.3) is 44.9 Å². The molecule has 1 amide bonds. The number of primary amides is 1. The number of aromatic hydroxyl groups is 1. The highest BCUT2D eigenvalue weighted by Gasteiger charge is 2.22. The number of rotatable bonds is 4. The van der Waals surface area contributed by atoms with Gasteiger partial charge >= 0.3 is 0 Å². The van der Waals surface area contributed by atoms with Gasteiger partial charge in [0.05, 0.1) is 11.0 Å². The summed E-state index contributed by atoms with van der Waals surface area (Å²) in [5.41, 5.74) is 13.6. The number of nitrogens with zero attached hydrogens (tertiary/aromatic N) is 3. The Morgan fingerprint density at radius 1 is 1.03 bits per heavy atom. The Balaban J connectivity index is 1.38. The van der Waals surface area contributed by atoms with Crippen molar-refractivity contribution in [2.75, 3.05) is 0 Å². The zero-order valence-corrected chi connectivity index (χ0v) is 18.5. The molecule has 0 unspecified atom stereocenters. The van der Waals surface area contributed by atoms with Crippen molar-refractivity contribution in [3.8, 4) is 39.7 Å². The van der Waals surface area contributed by atoms with Crippen molar-refractivity contribution in [2.24, 2.45) is 12.8 Å². The fraction of sp³-hybridized carbons (Fsp3) is 0.115. The van der Waals surface area contributed by atoms with Crippen LogP contribution in [0.15, 0.2) is 60.7 Å². The zero-order chi connectivity index (χ0) is 23.4. The second kappa shape index (κ2) is 7.57. The molecule has 0 saturated carbocycles. The number of carbonyl (C=O) groups excluding carboxylic acids is 1. The third-order valence-corrected chi connectivity index (χ3v) is 6.34. The summed E-state index contributed by atoms with van der Waals surface area (Å²) in [6, 6.07) is 18.9. The maximum absolute atomic E-state index is 11.8. The number of nitrogens with one attached hydrogen (secondary N) is 2. The molecule has 0 radical (unpaired) electrons. The number of aromatic amines is 1. The van der Waals surface area contributed by atoms with E-state index in [4.69, 9.17) is 10.7 Å². The Morgan fingerprint density at radius 3 is 2.50 bits per heavy atom. The van der Waals surface area contributed by atoms with E-state index in [1.54, 1.807) is 23.9 Å². The SMILES string of the molecule is Cn1nc(-c2ccc(-c3ccccc3C(N)=O)cc2)c(O)c1-c1nc2cc3c(cc2[nH]1)CNC3. The van der Waals surface area contributed by atoms with Gasteiger partial charge in [-0.1, -0.05) is 42.5 Å². The Hall–Kier alpha value is -4.43. The first-order chi connectivity index (χ1) is 16.5. The van der Waals surface area contributed by atoms with E-state index < -0.39 is 5.91 Å². The number of imidazole rings is 1. The molecule has 0 bridgehead atoms. The Labute approximate surface area is 195 Å². The van der Waals surface area contributed by atoms with E-state index in [-0.39, 0.29) is 5.75 Å². The molecule has 3 aromatic carbocycles. The van der Waals surface area contributed by atoms with Crippen molar-refractivity contribution in [2.45, 2.75) is 13.1 Å². The number of nitrogens with two attached hydrogens (primary N) is 1. The van der Waals surface area contributed by atoms with Crippen molar-refractivity contribution >= 4 is 16.9 Å². The molecule has 34 heavy (non-hydrogen) atoms. The summed E-state index contributed by atoms with van der Waals surface area (Å²) < 4.78 is 1.63. The molecule has 0 aliphatic carbocycles. The van der Waals surface area contributed by atoms with Gasteiger partial charge in [0, 0.05) is 31.3 Å². The number of amides is 1. The average molecular weight is 451 g/mol. The van der Waals surface area contributed by atoms with Crippen LogP contribution in [0.4, 0.5) is 0 Å². The van der Waals surface area contributed by atoms with Gasteiger partial charge in [0.15, 0.2) is 11.6 Å². The van der Waals surface area contributed by atoms with Gasteiger partial charge < -0.3 is 21.1 Å².